The first kappa shape index (κ1) is 18.6. The molecule has 2 amide bonds. The summed E-state index contributed by atoms with van der Waals surface area (Å²) < 4.78 is 10.2. The minimum Gasteiger partial charge on any atom is -0.466 e. The number of rotatable bonds is 5. The molecule has 2 N–H and O–H groups in total. The van der Waals surface area contributed by atoms with E-state index in [0.717, 1.165) is 10.5 Å². The Morgan fingerprint density at radius 1 is 1.24 bits per heavy atom. The van der Waals surface area contributed by atoms with Gasteiger partial charge in [-0.1, -0.05) is 30.3 Å². The molecule has 1 aromatic rings. The number of esters is 1. The lowest BCUT2D eigenvalue weighted by Gasteiger charge is -2.35. The number of carboxylic acid groups (broad SMARTS) is 1. The minimum atomic E-state index is -1.10. The van der Waals surface area contributed by atoms with Crippen LogP contribution in [0.25, 0.3) is 0 Å². The van der Waals surface area contributed by atoms with Crippen LogP contribution in [0.15, 0.2) is 30.3 Å². The van der Waals surface area contributed by atoms with Gasteiger partial charge in [-0.25, -0.2) is 9.59 Å². The van der Waals surface area contributed by atoms with Crippen molar-refractivity contribution in [2.75, 3.05) is 19.7 Å². The molecule has 136 valence electrons. The molecule has 0 aromatic heterocycles. The Kier molecular flexibility index (Phi) is 6.62. The summed E-state index contributed by atoms with van der Waals surface area (Å²) >= 11 is 0. The number of hydrogen-bond acceptors (Lipinski definition) is 5. The average molecular weight is 350 g/mol. The Morgan fingerprint density at radius 3 is 2.60 bits per heavy atom. The number of amides is 2. The second-order valence-corrected chi connectivity index (χ2v) is 5.69. The second kappa shape index (κ2) is 8.91. The number of carbonyl (C=O) groups excluding carboxylic acids is 2. The first-order chi connectivity index (χ1) is 12.0. The number of hydrogen-bond donors (Lipinski definition) is 2. The third-order valence-electron chi connectivity index (χ3n) is 3.99. The molecule has 1 aliphatic heterocycles. The van der Waals surface area contributed by atoms with Gasteiger partial charge in [0, 0.05) is 19.1 Å². The maximum atomic E-state index is 12.1. The van der Waals surface area contributed by atoms with Crippen LogP contribution in [-0.4, -0.2) is 53.9 Å². The molecule has 1 aromatic carbocycles. The highest BCUT2D eigenvalue weighted by atomic mass is 16.5. The minimum absolute atomic E-state index is 0.0161. The molecular weight excluding hydrogens is 328 g/mol. The lowest BCUT2D eigenvalue weighted by atomic mass is 9.92. The average Bonchev–Trinajstić information content (AvgIpc) is 2.61. The molecular formula is C17H22N2O6. The van der Waals surface area contributed by atoms with E-state index in [9.17, 15) is 14.4 Å². The van der Waals surface area contributed by atoms with Crippen molar-refractivity contribution in [2.45, 2.75) is 26.0 Å². The molecule has 25 heavy (non-hydrogen) atoms. The largest absolute Gasteiger partial charge is 0.466 e. The molecule has 1 fully saturated rings. The molecule has 8 nitrogen and oxygen atoms in total. The van der Waals surface area contributed by atoms with Crippen molar-refractivity contribution in [3.8, 4) is 0 Å². The summed E-state index contributed by atoms with van der Waals surface area (Å²) in [6, 6.07) is 8.69. The van der Waals surface area contributed by atoms with Gasteiger partial charge in [0.2, 0.25) is 0 Å². The normalized spacial score (nSPS) is 19.8. The van der Waals surface area contributed by atoms with Gasteiger partial charge in [0.05, 0.1) is 12.5 Å². The number of benzene rings is 1. The van der Waals surface area contributed by atoms with Gasteiger partial charge < -0.3 is 24.8 Å². The van der Waals surface area contributed by atoms with E-state index in [1.165, 1.54) is 0 Å². The summed E-state index contributed by atoms with van der Waals surface area (Å²) in [5.74, 6) is -1.28. The number of piperidine rings is 1. The van der Waals surface area contributed by atoms with E-state index in [0.29, 0.717) is 6.42 Å². The van der Waals surface area contributed by atoms with Crippen molar-refractivity contribution in [2.24, 2.45) is 5.92 Å². The number of nitrogens with zero attached hydrogens (tertiary/aromatic N) is 1. The second-order valence-electron chi connectivity index (χ2n) is 5.69. The first-order valence-electron chi connectivity index (χ1n) is 8.13. The fraction of sp³-hybridized carbons (Fsp3) is 0.471. The fourth-order valence-electron chi connectivity index (χ4n) is 2.70. The summed E-state index contributed by atoms with van der Waals surface area (Å²) in [6.07, 6.45) is -1.43. The van der Waals surface area contributed by atoms with Gasteiger partial charge in [-0.3, -0.25) is 4.79 Å². The summed E-state index contributed by atoms with van der Waals surface area (Å²) in [4.78, 5) is 36.4. The van der Waals surface area contributed by atoms with Crippen molar-refractivity contribution in [3.05, 3.63) is 35.9 Å². The molecule has 2 atom stereocenters. The Hall–Kier alpha value is -2.77. The van der Waals surface area contributed by atoms with E-state index in [1.807, 2.05) is 30.3 Å². The standard InChI is InChI=1S/C17H22N2O6/c1-2-24-15(20)13-10-19(17(22)23)9-8-14(13)18-16(21)25-11-12-6-4-3-5-7-12/h3-7,13-14H,2,8-11H2,1H3,(H,18,21)(H,22,23)/t13-,14+/m1/s1. The molecule has 0 bridgehead atoms. The number of ether oxygens (including phenoxy) is 2. The van der Waals surface area contributed by atoms with Crippen LogP contribution >= 0.6 is 0 Å². The lowest BCUT2D eigenvalue weighted by Crippen LogP contribution is -2.55. The predicted molar refractivity (Wildman–Crippen MR) is 87.9 cm³/mol. The fourth-order valence-corrected chi connectivity index (χ4v) is 2.70. The van der Waals surface area contributed by atoms with Crippen molar-refractivity contribution in [1.29, 1.82) is 0 Å². The van der Waals surface area contributed by atoms with Crippen LogP contribution < -0.4 is 5.32 Å². The van der Waals surface area contributed by atoms with Gasteiger partial charge in [0.15, 0.2) is 0 Å². The molecule has 0 aliphatic carbocycles. The number of carbonyl (C=O) groups is 3. The number of nitrogens with one attached hydrogen (secondary N) is 1. The van der Waals surface area contributed by atoms with Crippen molar-refractivity contribution in [3.63, 3.8) is 0 Å². The number of alkyl carbamates (subject to hydrolysis) is 1. The maximum absolute atomic E-state index is 12.1. The van der Waals surface area contributed by atoms with Crippen molar-refractivity contribution < 1.29 is 29.0 Å². The molecule has 1 heterocycles. The SMILES string of the molecule is CCOC(=O)[C@@H]1CN(C(=O)O)CC[C@@H]1NC(=O)OCc1ccccc1. The van der Waals surface area contributed by atoms with Gasteiger partial charge >= 0.3 is 18.2 Å². The Bertz CT molecular complexity index is 606. The third-order valence-corrected chi connectivity index (χ3v) is 3.99. The topological polar surface area (TPSA) is 105 Å². The van der Waals surface area contributed by atoms with Gasteiger partial charge in [-0.15, -0.1) is 0 Å². The van der Waals surface area contributed by atoms with Gasteiger partial charge in [0.25, 0.3) is 0 Å². The van der Waals surface area contributed by atoms with Crippen LogP contribution in [0.4, 0.5) is 9.59 Å². The van der Waals surface area contributed by atoms with E-state index >= 15 is 0 Å². The monoisotopic (exact) mass is 350 g/mol. The van der Waals surface area contributed by atoms with Crippen LogP contribution in [-0.2, 0) is 20.9 Å². The summed E-state index contributed by atoms with van der Waals surface area (Å²) in [7, 11) is 0. The lowest BCUT2D eigenvalue weighted by molar-refractivity contribution is -0.150. The number of likely N-dealkylation sites (tertiary alicyclic amines) is 1. The predicted octanol–water partition coefficient (Wildman–Crippen LogP) is 1.84. The smallest absolute Gasteiger partial charge is 0.407 e. The molecule has 8 heteroatoms. The zero-order chi connectivity index (χ0) is 18.2. The molecule has 0 radical (unpaired) electrons. The van der Waals surface area contributed by atoms with Crippen LogP contribution in [0.1, 0.15) is 18.9 Å². The van der Waals surface area contributed by atoms with Gasteiger partial charge in [0.1, 0.15) is 6.61 Å². The molecule has 0 unspecified atom stereocenters. The zero-order valence-electron chi connectivity index (χ0n) is 14.0. The first-order valence-corrected chi connectivity index (χ1v) is 8.13. The molecule has 0 saturated carbocycles. The maximum Gasteiger partial charge on any atom is 0.407 e. The zero-order valence-corrected chi connectivity index (χ0v) is 14.0. The molecule has 2 rings (SSSR count). The van der Waals surface area contributed by atoms with Gasteiger partial charge in [-0.2, -0.15) is 0 Å². The highest BCUT2D eigenvalue weighted by Crippen LogP contribution is 2.19. The highest BCUT2D eigenvalue weighted by Gasteiger charge is 2.38. The molecule has 0 spiro atoms. The van der Waals surface area contributed by atoms with E-state index in [1.54, 1.807) is 6.92 Å². The van der Waals surface area contributed by atoms with Gasteiger partial charge in [-0.05, 0) is 18.9 Å². The molecule has 1 aliphatic rings. The summed E-state index contributed by atoms with van der Waals surface area (Å²) in [5.41, 5.74) is 0.847. The quantitative estimate of drug-likeness (QED) is 0.785. The van der Waals surface area contributed by atoms with Crippen molar-refractivity contribution in [1.82, 2.24) is 10.2 Å². The van der Waals surface area contributed by atoms with E-state index in [-0.39, 0.29) is 26.3 Å². The summed E-state index contributed by atoms with van der Waals surface area (Å²) in [6.45, 7) is 2.19. The Labute approximate surface area is 145 Å². The van der Waals surface area contributed by atoms with E-state index < -0.39 is 30.1 Å². The Balaban J connectivity index is 1.93. The van der Waals surface area contributed by atoms with E-state index in [4.69, 9.17) is 14.6 Å². The summed E-state index contributed by atoms with van der Waals surface area (Å²) in [5, 5.41) is 11.8. The van der Waals surface area contributed by atoms with Crippen LogP contribution in [0.3, 0.4) is 0 Å². The van der Waals surface area contributed by atoms with E-state index in [2.05, 4.69) is 5.32 Å². The van der Waals surface area contributed by atoms with Crippen LogP contribution in [0, 0.1) is 5.92 Å². The van der Waals surface area contributed by atoms with Crippen molar-refractivity contribution >= 4 is 18.2 Å². The molecule has 1 saturated heterocycles. The van der Waals surface area contributed by atoms with Crippen LogP contribution in [0.2, 0.25) is 0 Å². The van der Waals surface area contributed by atoms with Crippen LogP contribution in [0.5, 0.6) is 0 Å². The highest BCUT2D eigenvalue weighted by molar-refractivity contribution is 5.77. The third kappa shape index (κ3) is 5.37. The Morgan fingerprint density at radius 2 is 1.96 bits per heavy atom.